The SMILES string of the molecule is C/C=C1/CN2[C@H]3C[C@@]45c6cc(OC)ccc6N(C)[C@H]4[C@@H]2C[C@@H]1C3[C@H]5O. The lowest BCUT2D eigenvalue weighted by atomic mass is 9.65. The van der Waals surface area contributed by atoms with Crippen LogP contribution in [-0.4, -0.2) is 54.9 Å². The van der Waals surface area contributed by atoms with Gasteiger partial charge in [-0.15, -0.1) is 0 Å². The van der Waals surface area contributed by atoms with E-state index in [0.29, 0.717) is 30.0 Å². The van der Waals surface area contributed by atoms with Crippen LogP contribution in [0.25, 0.3) is 0 Å². The number of benzene rings is 1. The van der Waals surface area contributed by atoms with Crippen molar-refractivity contribution in [3.8, 4) is 5.75 Å². The minimum absolute atomic E-state index is 0.118. The molecule has 4 saturated heterocycles. The predicted octanol–water partition coefficient (Wildman–Crippen LogP) is 2.16. The number of aliphatic hydroxyl groups is 1. The van der Waals surface area contributed by atoms with E-state index in [0.717, 1.165) is 18.7 Å². The van der Waals surface area contributed by atoms with E-state index < -0.39 is 0 Å². The summed E-state index contributed by atoms with van der Waals surface area (Å²) in [6.45, 7) is 3.28. The second-order valence-corrected chi connectivity index (χ2v) is 8.72. The van der Waals surface area contributed by atoms with E-state index in [1.165, 1.54) is 17.7 Å². The zero-order valence-electron chi connectivity index (χ0n) is 15.1. The summed E-state index contributed by atoms with van der Waals surface area (Å²) in [5.41, 5.74) is 4.06. The average molecular weight is 338 g/mol. The Balaban J connectivity index is 1.59. The minimum Gasteiger partial charge on any atom is -0.497 e. The monoisotopic (exact) mass is 338 g/mol. The number of hydrogen-bond acceptors (Lipinski definition) is 4. The number of aliphatic hydroxyl groups excluding tert-OH is 1. The molecule has 8 atom stereocenters. The smallest absolute Gasteiger partial charge is 0.119 e. The summed E-state index contributed by atoms with van der Waals surface area (Å²) in [5.74, 6) is 1.88. The van der Waals surface area contributed by atoms with Crippen molar-refractivity contribution in [1.29, 1.82) is 0 Å². The number of allylic oxidation sites excluding steroid dienone is 1. The van der Waals surface area contributed by atoms with Gasteiger partial charge in [0.1, 0.15) is 5.75 Å². The standard InChI is InChI=1S/C21H26N2O2/c1-4-11-10-23-16-8-13(11)18-17(23)9-21(20(18)24)14-7-12(25-3)5-6-15(14)22(2)19(16)21/h4-7,13,16-20,24H,8-10H2,1-3H3/b11-4-/t13-,16-,17-,18?,19-,20+,21+/m0/s1. The molecule has 5 heterocycles. The molecule has 5 aliphatic heterocycles. The van der Waals surface area contributed by atoms with Crippen LogP contribution < -0.4 is 9.64 Å². The van der Waals surface area contributed by atoms with Crippen LogP contribution in [0.5, 0.6) is 5.75 Å². The first kappa shape index (κ1) is 14.6. The van der Waals surface area contributed by atoms with Crippen LogP contribution in [0.3, 0.4) is 0 Å². The van der Waals surface area contributed by atoms with Crippen molar-refractivity contribution in [3.05, 3.63) is 35.4 Å². The third-order valence-electron chi connectivity index (χ3n) is 8.30. The lowest BCUT2D eigenvalue weighted by Crippen LogP contribution is -2.68. The zero-order chi connectivity index (χ0) is 17.1. The molecule has 0 aromatic heterocycles. The Labute approximate surface area is 149 Å². The van der Waals surface area contributed by atoms with E-state index in [9.17, 15) is 5.11 Å². The molecule has 4 nitrogen and oxygen atoms in total. The van der Waals surface area contributed by atoms with Gasteiger partial charge < -0.3 is 14.7 Å². The molecule has 132 valence electrons. The summed E-state index contributed by atoms with van der Waals surface area (Å²) >= 11 is 0. The van der Waals surface area contributed by atoms with Crippen LogP contribution in [0.15, 0.2) is 29.8 Å². The van der Waals surface area contributed by atoms with Crippen molar-refractivity contribution in [2.75, 3.05) is 25.6 Å². The first-order chi connectivity index (χ1) is 12.1. The molecule has 0 radical (unpaired) electrons. The molecular formula is C21H26N2O2. The van der Waals surface area contributed by atoms with Gasteiger partial charge in [0.05, 0.1) is 19.3 Å². The number of ether oxygens (including phenoxy) is 1. The van der Waals surface area contributed by atoms with Gasteiger partial charge in [-0.3, -0.25) is 4.90 Å². The molecule has 1 saturated carbocycles. The van der Waals surface area contributed by atoms with Gasteiger partial charge in [0.15, 0.2) is 0 Å². The summed E-state index contributed by atoms with van der Waals surface area (Å²) in [7, 11) is 3.97. The van der Waals surface area contributed by atoms with Crippen molar-refractivity contribution >= 4 is 5.69 Å². The highest BCUT2D eigenvalue weighted by Gasteiger charge is 2.74. The molecule has 2 unspecified atom stereocenters. The fourth-order valence-corrected chi connectivity index (χ4v) is 7.50. The largest absolute Gasteiger partial charge is 0.497 e. The molecule has 1 aliphatic carbocycles. The van der Waals surface area contributed by atoms with Gasteiger partial charge in [0, 0.05) is 42.7 Å². The average Bonchev–Trinajstić information content (AvgIpc) is 3.03. The highest BCUT2D eigenvalue weighted by Crippen LogP contribution is 2.68. The zero-order valence-corrected chi connectivity index (χ0v) is 15.1. The van der Waals surface area contributed by atoms with Crippen LogP contribution in [0.4, 0.5) is 5.69 Å². The Morgan fingerprint density at radius 3 is 2.92 bits per heavy atom. The van der Waals surface area contributed by atoms with Gasteiger partial charge in [0.25, 0.3) is 0 Å². The second-order valence-electron chi connectivity index (χ2n) is 8.72. The molecular weight excluding hydrogens is 312 g/mol. The van der Waals surface area contributed by atoms with Gasteiger partial charge >= 0.3 is 0 Å². The Bertz CT molecular complexity index is 805. The summed E-state index contributed by atoms with van der Waals surface area (Å²) < 4.78 is 5.53. The van der Waals surface area contributed by atoms with Gasteiger partial charge in [-0.1, -0.05) is 11.6 Å². The molecule has 0 amide bonds. The summed E-state index contributed by atoms with van der Waals surface area (Å²) in [5, 5.41) is 11.7. The molecule has 6 aliphatic rings. The van der Waals surface area contributed by atoms with Gasteiger partial charge in [-0.25, -0.2) is 0 Å². The van der Waals surface area contributed by atoms with E-state index in [1.54, 1.807) is 12.7 Å². The third-order valence-corrected chi connectivity index (χ3v) is 8.30. The van der Waals surface area contributed by atoms with Gasteiger partial charge in [-0.2, -0.15) is 0 Å². The number of rotatable bonds is 1. The second kappa shape index (κ2) is 4.41. The molecule has 7 rings (SSSR count). The van der Waals surface area contributed by atoms with Crippen LogP contribution in [0.1, 0.15) is 25.3 Å². The fraction of sp³-hybridized carbons (Fsp3) is 0.619. The van der Waals surface area contributed by atoms with Crippen LogP contribution in [0, 0.1) is 11.8 Å². The minimum atomic E-state index is -0.256. The van der Waals surface area contributed by atoms with Gasteiger partial charge in [0.2, 0.25) is 0 Å². The summed E-state index contributed by atoms with van der Waals surface area (Å²) in [4.78, 5) is 5.20. The van der Waals surface area contributed by atoms with E-state index >= 15 is 0 Å². The third kappa shape index (κ3) is 1.39. The lowest BCUT2D eigenvalue weighted by Gasteiger charge is -2.58. The van der Waals surface area contributed by atoms with Crippen LogP contribution >= 0.6 is 0 Å². The molecule has 1 spiro atoms. The van der Waals surface area contributed by atoms with E-state index in [4.69, 9.17) is 4.74 Å². The number of fused-ring (bicyclic) bond motifs is 2. The molecule has 5 fully saturated rings. The Hall–Kier alpha value is -1.52. The number of likely N-dealkylation sites (N-methyl/N-ethyl adjacent to an activating group) is 1. The molecule has 5 bridgehead atoms. The maximum absolute atomic E-state index is 11.7. The van der Waals surface area contributed by atoms with Crippen molar-refractivity contribution < 1.29 is 9.84 Å². The van der Waals surface area contributed by atoms with Crippen molar-refractivity contribution in [2.45, 2.75) is 49.4 Å². The Morgan fingerprint density at radius 2 is 2.16 bits per heavy atom. The normalized spacial score (nSPS) is 49.7. The topological polar surface area (TPSA) is 35.9 Å². The van der Waals surface area contributed by atoms with E-state index in [-0.39, 0.29) is 11.5 Å². The molecule has 4 heteroatoms. The highest BCUT2D eigenvalue weighted by molar-refractivity contribution is 5.69. The summed E-state index contributed by atoms with van der Waals surface area (Å²) in [6, 6.07) is 7.95. The van der Waals surface area contributed by atoms with E-state index in [1.807, 2.05) is 0 Å². The van der Waals surface area contributed by atoms with Crippen LogP contribution in [0.2, 0.25) is 0 Å². The number of methoxy groups -OCH3 is 1. The highest BCUT2D eigenvalue weighted by atomic mass is 16.5. The van der Waals surface area contributed by atoms with Crippen molar-refractivity contribution in [3.63, 3.8) is 0 Å². The lowest BCUT2D eigenvalue weighted by molar-refractivity contribution is -0.0345. The van der Waals surface area contributed by atoms with Crippen LogP contribution in [-0.2, 0) is 5.41 Å². The first-order valence-electron chi connectivity index (χ1n) is 9.62. The molecule has 1 aromatic carbocycles. The Morgan fingerprint density at radius 1 is 1.32 bits per heavy atom. The molecule has 25 heavy (non-hydrogen) atoms. The molecule has 1 N–H and O–H groups in total. The predicted molar refractivity (Wildman–Crippen MR) is 97.1 cm³/mol. The Kier molecular flexibility index (Phi) is 2.58. The first-order valence-corrected chi connectivity index (χ1v) is 9.62. The van der Waals surface area contributed by atoms with Crippen molar-refractivity contribution in [1.82, 2.24) is 4.90 Å². The van der Waals surface area contributed by atoms with Gasteiger partial charge in [-0.05, 0) is 49.4 Å². The number of nitrogens with zero attached hydrogens (tertiary/aromatic N) is 2. The number of anilines is 1. The number of hydrogen-bond donors (Lipinski definition) is 1. The maximum Gasteiger partial charge on any atom is 0.119 e. The number of piperidine rings is 4. The quantitative estimate of drug-likeness (QED) is 0.796. The molecule has 1 aromatic rings. The van der Waals surface area contributed by atoms with E-state index in [2.05, 4.69) is 48.0 Å². The van der Waals surface area contributed by atoms with Crippen molar-refractivity contribution in [2.24, 2.45) is 11.8 Å². The fourth-order valence-electron chi connectivity index (χ4n) is 7.50. The summed E-state index contributed by atoms with van der Waals surface area (Å²) in [6.07, 6.45) is 4.36. The maximum atomic E-state index is 11.7.